The van der Waals surface area contributed by atoms with Crippen molar-refractivity contribution in [3.8, 4) is 11.5 Å². The van der Waals surface area contributed by atoms with Crippen LogP contribution in [0, 0.1) is 6.92 Å². The first-order chi connectivity index (χ1) is 10.1. The van der Waals surface area contributed by atoms with Gasteiger partial charge in [0.25, 0.3) is 5.56 Å². The maximum absolute atomic E-state index is 11.8. The predicted octanol–water partition coefficient (Wildman–Crippen LogP) is 2.47. The molecule has 1 heterocycles. The first kappa shape index (κ1) is 15.1. The molecule has 112 valence electrons. The summed E-state index contributed by atoms with van der Waals surface area (Å²) in [5, 5.41) is 6.38. The normalized spacial score (nSPS) is 10.4. The van der Waals surface area contributed by atoms with Crippen LogP contribution in [0.2, 0.25) is 0 Å². The third-order valence-corrected chi connectivity index (χ3v) is 3.01. The third-order valence-electron chi connectivity index (χ3n) is 3.01. The second-order valence-electron chi connectivity index (χ2n) is 4.69. The van der Waals surface area contributed by atoms with Gasteiger partial charge in [-0.15, -0.1) is 0 Å². The van der Waals surface area contributed by atoms with Gasteiger partial charge in [0.1, 0.15) is 0 Å². The highest BCUT2D eigenvalue weighted by atomic mass is 16.5. The molecule has 21 heavy (non-hydrogen) atoms. The number of benzene rings is 1. The summed E-state index contributed by atoms with van der Waals surface area (Å²) in [6.45, 7) is 6.87. The van der Waals surface area contributed by atoms with Crippen LogP contribution in [0.5, 0.6) is 11.5 Å². The van der Waals surface area contributed by atoms with E-state index in [1.807, 2.05) is 39.0 Å². The van der Waals surface area contributed by atoms with E-state index in [4.69, 9.17) is 9.47 Å². The van der Waals surface area contributed by atoms with Crippen LogP contribution in [-0.2, 0) is 6.42 Å². The molecule has 0 aliphatic carbocycles. The Bertz CT molecular complexity index is 665. The fraction of sp³-hybridized carbons (Fsp3) is 0.375. The number of hydrogen-bond acceptors (Lipinski definition) is 4. The van der Waals surface area contributed by atoms with E-state index in [1.165, 1.54) is 0 Å². The number of aryl methyl sites for hydroxylation is 1. The van der Waals surface area contributed by atoms with E-state index in [0.717, 1.165) is 17.0 Å². The Morgan fingerprint density at radius 1 is 1.10 bits per heavy atom. The minimum atomic E-state index is -0.160. The smallest absolute Gasteiger partial charge is 0.267 e. The zero-order chi connectivity index (χ0) is 15.2. The van der Waals surface area contributed by atoms with Crippen LogP contribution in [0.4, 0.5) is 0 Å². The van der Waals surface area contributed by atoms with Crippen LogP contribution in [0.15, 0.2) is 29.1 Å². The van der Waals surface area contributed by atoms with Crippen molar-refractivity contribution in [1.82, 2.24) is 10.2 Å². The van der Waals surface area contributed by atoms with Crippen molar-refractivity contribution in [2.75, 3.05) is 13.2 Å². The lowest BCUT2D eigenvalue weighted by atomic mass is 10.1. The van der Waals surface area contributed by atoms with E-state index in [9.17, 15) is 4.79 Å². The highest BCUT2D eigenvalue weighted by Gasteiger charge is 2.08. The van der Waals surface area contributed by atoms with Crippen molar-refractivity contribution >= 4 is 0 Å². The van der Waals surface area contributed by atoms with E-state index in [-0.39, 0.29) is 5.56 Å². The Kier molecular flexibility index (Phi) is 4.98. The molecule has 5 heteroatoms. The summed E-state index contributed by atoms with van der Waals surface area (Å²) in [5.41, 5.74) is 2.32. The molecule has 0 aliphatic heterocycles. The molecule has 5 nitrogen and oxygen atoms in total. The van der Waals surface area contributed by atoms with E-state index in [1.54, 1.807) is 6.07 Å². The van der Waals surface area contributed by atoms with Crippen LogP contribution in [-0.4, -0.2) is 23.4 Å². The summed E-state index contributed by atoms with van der Waals surface area (Å²) in [6, 6.07) is 7.55. The number of aromatic amines is 1. The highest BCUT2D eigenvalue weighted by molar-refractivity contribution is 5.44. The van der Waals surface area contributed by atoms with Gasteiger partial charge in [0.05, 0.1) is 18.9 Å². The van der Waals surface area contributed by atoms with E-state index < -0.39 is 0 Å². The Balaban J connectivity index is 2.29. The molecular formula is C16H20N2O3. The van der Waals surface area contributed by atoms with E-state index in [2.05, 4.69) is 10.2 Å². The number of nitrogens with one attached hydrogen (secondary N) is 1. The van der Waals surface area contributed by atoms with Gasteiger partial charge in [-0.2, -0.15) is 5.10 Å². The molecule has 1 aromatic carbocycles. The average Bonchev–Trinajstić information content (AvgIpc) is 2.46. The van der Waals surface area contributed by atoms with Gasteiger partial charge >= 0.3 is 0 Å². The molecule has 0 radical (unpaired) electrons. The summed E-state index contributed by atoms with van der Waals surface area (Å²) in [5.74, 6) is 1.43. The molecule has 1 N–H and O–H groups in total. The number of nitrogens with zero attached hydrogens (tertiary/aromatic N) is 1. The summed E-state index contributed by atoms with van der Waals surface area (Å²) in [6.07, 6.45) is 0.533. The molecule has 0 spiro atoms. The quantitative estimate of drug-likeness (QED) is 0.887. The number of aromatic nitrogens is 2. The molecule has 0 atom stereocenters. The lowest BCUT2D eigenvalue weighted by Crippen LogP contribution is -2.15. The second kappa shape index (κ2) is 6.92. The van der Waals surface area contributed by atoms with Crippen molar-refractivity contribution in [3.63, 3.8) is 0 Å². The number of ether oxygens (including phenoxy) is 2. The van der Waals surface area contributed by atoms with Crippen LogP contribution in [0.3, 0.4) is 0 Å². The van der Waals surface area contributed by atoms with Crippen LogP contribution in [0.25, 0.3) is 0 Å². The summed E-state index contributed by atoms with van der Waals surface area (Å²) >= 11 is 0. The van der Waals surface area contributed by atoms with Gasteiger partial charge in [-0.1, -0.05) is 6.07 Å². The number of rotatable bonds is 6. The predicted molar refractivity (Wildman–Crippen MR) is 81.2 cm³/mol. The fourth-order valence-electron chi connectivity index (χ4n) is 2.12. The molecular weight excluding hydrogens is 268 g/mol. The van der Waals surface area contributed by atoms with E-state index in [0.29, 0.717) is 30.9 Å². The molecule has 1 aromatic heterocycles. The Morgan fingerprint density at radius 3 is 2.52 bits per heavy atom. The largest absolute Gasteiger partial charge is 0.490 e. The first-order valence-corrected chi connectivity index (χ1v) is 7.07. The minimum absolute atomic E-state index is 0.160. The second-order valence-corrected chi connectivity index (χ2v) is 4.69. The number of H-pyrrole nitrogens is 1. The van der Waals surface area contributed by atoms with Gasteiger partial charge < -0.3 is 9.47 Å². The third kappa shape index (κ3) is 3.84. The zero-order valence-electron chi connectivity index (χ0n) is 12.6. The van der Waals surface area contributed by atoms with Gasteiger partial charge in [-0.25, -0.2) is 5.10 Å². The number of hydrogen-bond donors (Lipinski definition) is 1. The Morgan fingerprint density at radius 2 is 1.81 bits per heavy atom. The Labute approximate surface area is 123 Å². The Hall–Kier alpha value is -2.30. The van der Waals surface area contributed by atoms with Crippen molar-refractivity contribution < 1.29 is 9.47 Å². The van der Waals surface area contributed by atoms with Crippen molar-refractivity contribution in [1.29, 1.82) is 0 Å². The maximum atomic E-state index is 11.8. The molecule has 0 fully saturated rings. The minimum Gasteiger partial charge on any atom is -0.490 e. The van der Waals surface area contributed by atoms with Gasteiger partial charge in [0.2, 0.25) is 0 Å². The summed E-state index contributed by atoms with van der Waals surface area (Å²) in [7, 11) is 0. The van der Waals surface area contributed by atoms with Crippen LogP contribution in [0.1, 0.15) is 30.7 Å². The monoisotopic (exact) mass is 288 g/mol. The molecule has 0 saturated heterocycles. The van der Waals surface area contributed by atoms with Gasteiger partial charge in [0, 0.05) is 12.0 Å². The van der Waals surface area contributed by atoms with Crippen molar-refractivity contribution in [3.05, 3.63) is 51.4 Å². The van der Waals surface area contributed by atoms with Crippen LogP contribution >= 0.6 is 0 Å². The lowest BCUT2D eigenvalue weighted by Gasteiger charge is -2.12. The fourth-order valence-corrected chi connectivity index (χ4v) is 2.12. The van der Waals surface area contributed by atoms with Gasteiger partial charge in [-0.05, 0) is 44.5 Å². The highest BCUT2D eigenvalue weighted by Crippen LogP contribution is 2.29. The van der Waals surface area contributed by atoms with E-state index >= 15 is 0 Å². The molecule has 2 rings (SSSR count). The van der Waals surface area contributed by atoms with Crippen LogP contribution < -0.4 is 15.0 Å². The van der Waals surface area contributed by atoms with Crippen molar-refractivity contribution in [2.24, 2.45) is 0 Å². The molecule has 0 amide bonds. The molecule has 0 unspecified atom stereocenters. The molecule has 0 saturated carbocycles. The summed E-state index contributed by atoms with van der Waals surface area (Å²) in [4.78, 5) is 11.8. The topological polar surface area (TPSA) is 64.2 Å². The molecule has 0 aliphatic rings. The standard InChI is InChI=1S/C16H20N2O3/c1-4-20-14-7-6-12(10-15(14)21-5-2)9-13-8-11(3)17-18-16(13)19/h6-8,10H,4-5,9H2,1-3H3,(H,18,19). The molecule has 0 bridgehead atoms. The first-order valence-electron chi connectivity index (χ1n) is 7.07. The van der Waals surface area contributed by atoms with Crippen molar-refractivity contribution in [2.45, 2.75) is 27.2 Å². The zero-order valence-corrected chi connectivity index (χ0v) is 12.6. The maximum Gasteiger partial charge on any atom is 0.267 e. The SMILES string of the molecule is CCOc1ccc(Cc2cc(C)n[nH]c2=O)cc1OCC. The van der Waals surface area contributed by atoms with Gasteiger partial charge in [0.15, 0.2) is 11.5 Å². The molecule has 2 aromatic rings. The average molecular weight is 288 g/mol. The summed E-state index contributed by atoms with van der Waals surface area (Å²) < 4.78 is 11.1. The lowest BCUT2D eigenvalue weighted by molar-refractivity contribution is 0.287. The van der Waals surface area contributed by atoms with Gasteiger partial charge in [-0.3, -0.25) is 4.79 Å².